The molecule has 1 fully saturated rings. The van der Waals surface area contributed by atoms with Crippen molar-refractivity contribution in [2.75, 3.05) is 33.2 Å². The van der Waals surface area contributed by atoms with Crippen LogP contribution in [0.25, 0.3) is 0 Å². The van der Waals surface area contributed by atoms with Crippen LogP contribution < -0.4 is 0 Å². The molecule has 24 heavy (non-hydrogen) atoms. The van der Waals surface area contributed by atoms with Crippen LogP contribution in [0.3, 0.4) is 0 Å². The molecule has 3 aliphatic heterocycles. The van der Waals surface area contributed by atoms with Gasteiger partial charge in [0.2, 0.25) is 0 Å². The molecule has 134 valence electrons. The number of hydrogen-bond donors (Lipinski definition) is 0. The highest BCUT2D eigenvalue weighted by Crippen LogP contribution is 2.47. The van der Waals surface area contributed by atoms with Crippen LogP contribution in [0.4, 0.5) is 13.2 Å². The molecule has 1 saturated heterocycles. The summed E-state index contributed by atoms with van der Waals surface area (Å²) in [5.41, 5.74) is 4.18. The largest absolute Gasteiger partial charge is 0.392 e. The number of nitrogens with zero attached hydrogens (tertiary/aromatic N) is 2. The van der Waals surface area contributed by atoms with Crippen molar-refractivity contribution >= 4 is 0 Å². The minimum absolute atomic E-state index is 0.0175. The Morgan fingerprint density at radius 1 is 1.25 bits per heavy atom. The minimum Gasteiger partial charge on any atom is -0.302 e. The zero-order valence-corrected chi connectivity index (χ0v) is 14.6. The monoisotopic (exact) mass is 340 g/mol. The van der Waals surface area contributed by atoms with E-state index in [0.717, 1.165) is 31.6 Å². The van der Waals surface area contributed by atoms with E-state index in [4.69, 9.17) is 0 Å². The summed E-state index contributed by atoms with van der Waals surface area (Å²) < 4.78 is 39.8. The lowest BCUT2D eigenvalue weighted by atomic mass is 9.72. The molecule has 0 amide bonds. The molecule has 0 aromatic carbocycles. The topological polar surface area (TPSA) is 6.48 Å². The number of alkyl halides is 3. The van der Waals surface area contributed by atoms with E-state index in [1.807, 2.05) is 6.92 Å². The Hall–Kier alpha value is -0.810. The molecule has 5 rings (SSSR count). The molecule has 0 aromatic rings. The van der Waals surface area contributed by atoms with Crippen LogP contribution in [0.5, 0.6) is 0 Å². The fraction of sp³-hybridized carbons (Fsp3) is 0.789. The average molecular weight is 340 g/mol. The van der Waals surface area contributed by atoms with Crippen LogP contribution in [-0.2, 0) is 0 Å². The highest BCUT2D eigenvalue weighted by molar-refractivity contribution is 5.28. The van der Waals surface area contributed by atoms with Gasteiger partial charge in [-0.25, -0.2) is 0 Å². The Bertz CT molecular complexity index is 578. The summed E-state index contributed by atoms with van der Waals surface area (Å²) >= 11 is 0. The molecule has 5 aliphatic rings. The molecular weight excluding hydrogens is 313 g/mol. The smallest absolute Gasteiger partial charge is 0.302 e. The van der Waals surface area contributed by atoms with E-state index in [1.54, 1.807) is 11.1 Å². The van der Waals surface area contributed by atoms with Gasteiger partial charge in [-0.1, -0.05) is 22.8 Å². The van der Waals surface area contributed by atoms with E-state index in [1.165, 1.54) is 12.8 Å². The van der Waals surface area contributed by atoms with Gasteiger partial charge < -0.3 is 4.90 Å². The third-order valence-electron chi connectivity index (χ3n) is 6.74. The number of piperidine rings is 1. The van der Waals surface area contributed by atoms with Gasteiger partial charge in [-0.3, -0.25) is 4.90 Å². The molecule has 0 N–H and O–H groups in total. The van der Waals surface area contributed by atoms with Crippen molar-refractivity contribution < 1.29 is 13.2 Å². The summed E-state index contributed by atoms with van der Waals surface area (Å²) in [6, 6.07) is -0.0175. The second kappa shape index (κ2) is 5.87. The van der Waals surface area contributed by atoms with Gasteiger partial charge in [-0.2, -0.15) is 13.2 Å². The number of likely N-dealkylation sites (N-methyl/N-ethyl adjacent to an activating group) is 1. The summed E-state index contributed by atoms with van der Waals surface area (Å²) in [4.78, 5) is 4.71. The summed E-state index contributed by atoms with van der Waals surface area (Å²) in [6.07, 6.45) is 1.85. The van der Waals surface area contributed by atoms with Crippen LogP contribution in [0.2, 0.25) is 0 Å². The maximum absolute atomic E-state index is 13.3. The summed E-state index contributed by atoms with van der Waals surface area (Å²) in [5, 5.41) is 0. The molecule has 2 aliphatic carbocycles. The van der Waals surface area contributed by atoms with Crippen molar-refractivity contribution in [3.8, 4) is 0 Å². The highest BCUT2D eigenvalue weighted by atomic mass is 19.4. The van der Waals surface area contributed by atoms with Gasteiger partial charge in [0.05, 0.1) is 5.92 Å². The Kier molecular flexibility index (Phi) is 4.07. The average Bonchev–Trinajstić information content (AvgIpc) is 2.74. The van der Waals surface area contributed by atoms with Gasteiger partial charge in [-0.15, -0.1) is 0 Å². The zero-order valence-electron chi connectivity index (χ0n) is 14.6. The molecule has 0 radical (unpaired) electrons. The number of fused-ring (bicyclic) bond motifs is 3. The molecule has 5 heteroatoms. The first-order chi connectivity index (χ1) is 11.3. The maximum Gasteiger partial charge on any atom is 0.392 e. The van der Waals surface area contributed by atoms with Crippen molar-refractivity contribution in [3.05, 3.63) is 22.8 Å². The SMILES string of the molecule is CC1=CC2CC(C(F)(F)F)C1CN2CCC1=C2CCC1CN(C)C2. The van der Waals surface area contributed by atoms with Crippen LogP contribution in [0.1, 0.15) is 32.6 Å². The first-order valence-corrected chi connectivity index (χ1v) is 9.21. The summed E-state index contributed by atoms with van der Waals surface area (Å²) in [5.74, 6) is -0.770. The normalized spacial score (nSPS) is 37.3. The highest BCUT2D eigenvalue weighted by Gasteiger charge is 2.52. The number of rotatable bonds is 3. The fourth-order valence-corrected chi connectivity index (χ4v) is 5.54. The van der Waals surface area contributed by atoms with Crippen LogP contribution >= 0.6 is 0 Å². The number of hydrogen-bond acceptors (Lipinski definition) is 2. The fourth-order valence-electron chi connectivity index (χ4n) is 5.54. The standard InChI is InChI=1S/C19H27F3N2/c1-12-7-15-8-18(19(20,21)22)17(12)11-24(15)6-5-16-13-3-4-14(16)10-23(2)9-13/h7,13,15,17-18H,3-6,8-11H2,1-2H3. The molecular formula is C19H27F3N2. The molecule has 4 bridgehead atoms. The van der Waals surface area contributed by atoms with Gasteiger partial charge in [0.25, 0.3) is 0 Å². The lowest BCUT2D eigenvalue weighted by molar-refractivity contribution is -0.202. The van der Waals surface area contributed by atoms with Crippen LogP contribution in [0.15, 0.2) is 22.8 Å². The third kappa shape index (κ3) is 2.84. The van der Waals surface area contributed by atoms with Gasteiger partial charge in [-0.05, 0) is 45.6 Å². The Balaban J connectivity index is 1.42. The minimum atomic E-state index is -4.05. The van der Waals surface area contributed by atoms with E-state index in [2.05, 4.69) is 22.9 Å². The number of halogens is 3. The summed E-state index contributed by atoms with van der Waals surface area (Å²) in [6.45, 7) is 5.64. The Morgan fingerprint density at radius 2 is 2.04 bits per heavy atom. The zero-order chi connectivity index (χ0) is 17.1. The lowest BCUT2D eigenvalue weighted by Crippen LogP contribution is -2.54. The van der Waals surface area contributed by atoms with E-state index < -0.39 is 12.1 Å². The van der Waals surface area contributed by atoms with Crippen molar-refractivity contribution in [1.82, 2.24) is 9.80 Å². The molecule has 3 heterocycles. The Morgan fingerprint density at radius 3 is 2.71 bits per heavy atom. The molecule has 2 nitrogen and oxygen atoms in total. The van der Waals surface area contributed by atoms with Crippen molar-refractivity contribution in [2.24, 2.45) is 17.8 Å². The van der Waals surface area contributed by atoms with Crippen molar-refractivity contribution in [1.29, 1.82) is 0 Å². The maximum atomic E-state index is 13.3. The molecule has 4 atom stereocenters. The third-order valence-corrected chi connectivity index (χ3v) is 6.74. The van der Waals surface area contributed by atoms with Gasteiger partial charge in [0.15, 0.2) is 0 Å². The van der Waals surface area contributed by atoms with Crippen LogP contribution in [0, 0.1) is 17.8 Å². The predicted octanol–water partition coefficient (Wildman–Crippen LogP) is 3.86. The van der Waals surface area contributed by atoms with Crippen LogP contribution in [-0.4, -0.2) is 55.2 Å². The van der Waals surface area contributed by atoms with Gasteiger partial charge in [0, 0.05) is 38.1 Å². The van der Waals surface area contributed by atoms with E-state index >= 15 is 0 Å². The van der Waals surface area contributed by atoms with Crippen molar-refractivity contribution in [3.63, 3.8) is 0 Å². The molecule has 4 unspecified atom stereocenters. The Labute approximate surface area is 142 Å². The van der Waals surface area contributed by atoms with E-state index in [0.29, 0.717) is 12.5 Å². The summed E-state index contributed by atoms with van der Waals surface area (Å²) in [7, 11) is 2.18. The first kappa shape index (κ1) is 16.6. The second-order valence-corrected chi connectivity index (χ2v) is 8.27. The molecule has 0 spiro atoms. The van der Waals surface area contributed by atoms with E-state index in [9.17, 15) is 13.2 Å². The second-order valence-electron chi connectivity index (χ2n) is 8.27. The van der Waals surface area contributed by atoms with E-state index in [-0.39, 0.29) is 18.4 Å². The van der Waals surface area contributed by atoms with Gasteiger partial charge in [0.1, 0.15) is 0 Å². The van der Waals surface area contributed by atoms with Crippen molar-refractivity contribution in [2.45, 2.75) is 44.8 Å². The predicted molar refractivity (Wildman–Crippen MR) is 88.6 cm³/mol. The van der Waals surface area contributed by atoms with Gasteiger partial charge >= 0.3 is 6.18 Å². The quantitative estimate of drug-likeness (QED) is 0.720. The molecule has 0 aromatic heterocycles. The first-order valence-electron chi connectivity index (χ1n) is 9.21. The molecule has 0 saturated carbocycles. The lowest BCUT2D eigenvalue weighted by Gasteiger charge is -2.48. The number of likely N-dealkylation sites (tertiary alicyclic amines) is 1.